The van der Waals surface area contributed by atoms with Gasteiger partial charge in [0.2, 0.25) is 0 Å². The molecule has 3 rings (SSSR count). The number of likely N-dealkylation sites (tertiary alicyclic amines) is 1. The molecular weight excluding hydrogens is 272 g/mol. The molecule has 1 aliphatic heterocycles. The van der Waals surface area contributed by atoms with Crippen molar-refractivity contribution in [2.24, 2.45) is 0 Å². The summed E-state index contributed by atoms with van der Waals surface area (Å²) in [5.41, 5.74) is 3.49. The molecule has 1 atom stereocenters. The van der Waals surface area contributed by atoms with Crippen LogP contribution >= 0.6 is 11.6 Å². The summed E-state index contributed by atoms with van der Waals surface area (Å²) in [5.74, 6) is 0. The molecule has 0 saturated carbocycles. The molecule has 1 fully saturated rings. The average Bonchev–Trinajstić information content (AvgIpc) is 2.99. The highest BCUT2D eigenvalue weighted by atomic mass is 35.5. The third-order valence-electron chi connectivity index (χ3n) is 3.89. The fourth-order valence-electron chi connectivity index (χ4n) is 2.94. The van der Waals surface area contributed by atoms with Gasteiger partial charge in [0.1, 0.15) is 0 Å². The third kappa shape index (κ3) is 2.72. The van der Waals surface area contributed by atoms with Crippen molar-refractivity contribution in [3.05, 3.63) is 46.5 Å². The Labute approximate surface area is 124 Å². The maximum atomic E-state index is 6.18. The zero-order valence-corrected chi connectivity index (χ0v) is 12.6. The summed E-state index contributed by atoms with van der Waals surface area (Å²) in [4.78, 5) is 6.46. The van der Waals surface area contributed by atoms with Crippen molar-refractivity contribution in [3.63, 3.8) is 0 Å². The molecule has 20 heavy (non-hydrogen) atoms. The Morgan fingerprint density at radius 2 is 2.25 bits per heavy atom. The van der Waals surface area contributed by atoms with Crippen LogP contribution in [0.3, 0.4) is 0 Å². The highest BCUT2D eigenvalue weighted by molar-refractivity contribution is 6.31. The predicted octanol–water partition coefficient (Wildman–Crippen LogP) is 3.00. The second kappa shape index (κ2) is 5.54. The molecule has 4 nitrogen and oxygen atoms in total. The summed E-state index contributed by atoms with van der Waals surface area (Å²) in [5, 5.41) is 5.36. The van der Waals surface area contributed by atoms with Crippen LogP contribution < -0.4 is 0 Å². The quantitative estimate of drug-likeness (QED) is 0.871. The van der Waals surface area contributed by atoms with Gasteiger partial charge in [-0.05, 0) is 38.0 Å². The van der Waals surface area contributed by atoms with Gasteiger partial charge in [0.25, 0.3) is 0 Å². The largest absolute Gasteiger partial charge is 0.297 e. The SMILES string of the molecule is Cc1cc(C)n([C@@H]2CCN(Cc3ccncc3Cl)C2)n1. The van der Waals surface area contributed by atoms with E-state index in [2.05, 4.69) is 32.7 Å². The number of nitrogens with zero attached hydrogens (tertiary/aromatic N) is 4. The van der Waals surface area contributed by atoms with E-state index in [1.165, 1.54) is 5.69 Å². The number of hydrogen-bond donors (Lipinski definition) is 0. The van der Waals surface area contributed by atoms with E-state index in [0.29, 0.717) is 6.04 Å². The second-order valence-electron chi connectivity index (χ2n) is 5.52. The molecule has 3 heterocycles. The molecule has 2 aromatic heterocycles. The molecule has 106 valence electrons. The lowest BCUT2D eigenvalue weighted by Crippen LogP contribution is -2.22. The number of hydrogen-bond acceptors (Lipinski definition) is 3. The van der Waals surface area contributed by atoms with E-state index < -0.39 is 0 Å². The van der Waals surface area contributed by atoms with Gasteiger partial charge in [-0.3, -0.25) is 14.6 Å². The predicted molar refractivity (Wildman–Crippen MR) is 79.9 cm³/mol. The molecule has 5 heteroatoms. The Bertz CT molecular complexity index is 608. The number of pyridine rings is 1. The van der Waals surface area contributed by atoms with Crippen LogP contribution in [-0.4, -0.2) is 32.8 Å². The van der Waals surface area contributed by atoms with Crippen LogP contribution in [0.1, 0.15) is 29.4 Å². The maximum absolute atomic E-state index is 6.18. The van der Waals surface area contributed by atoms with E-state index in [-0.39, 0.29) is 0 Å². The minimum absolute atomic E-state index is 0.476. The summed E-state index contributed by atoms with van der Waals surface area (Å²) in [7, 11) is 0. The van der Waals surface area contributed by atoms with Crippen LogP contribution in [0.2, 0.25) is 5.02 Å². The van der Waals surface area contributed by atoms with Crippen molar-refractivity contribution in [3.8, 4) is 0 Å². The molecule has 2 aromatic rings. The molecule has 0 amide bonds. The zero-order chi connectivity index (χ0) is 14.1. The van der Waals surface area contributed by atoms with Crippen molar-refractivity contribution in [1.82, 2.24) is 19.7 Å². The Morgan fingerprint density at radius 1 is 1.40 bits per heavy atom. The molecule has 1 aliphatic rings. The smallest absolute Gasteiger partial charge is 0.0661 e. The molecular formula is C15H19ClN4. The van der Waals surface area contributed by atoms with Crippen molar-refractivity contribution in [1.29, 1.82) is 0 Å². The fraction of sp³-hybridized carbons (Fsp3) is 0.467. The van der Waals surface area contributed by atoms with Crippen LogP contribution in [0.5, 0.6) is 0 Å². The van der Waals surface area contributed by atoms with Crippen LogP contribution in [-0.2, 0) is 6.54 Å². The first kappa shape index (κ1) is 13.6. The normalized spacial score (nSPS) is 19.6. The minimum Gasteiger partial charge on any atom is -0.297 e. The van der Waals surface area contributed by atoms with E-state index >= 15 is 0 Å². The molecule has 0 aliphatic carbocycles. The van der Waals surface area contributed by atoms with Gasteiger partial charge in [-0.2, -0.15) is 5.10 Å². The number of aromatic nitrogens is 3. The first-order chi connectivity index (χ1) is 9.63. The maximum Gasteiger partial charge on any atom is 0.0661 e. The van der Waals surface area contributed by atoms with Crippen LogP contribution in [0.25, 0.3) is 0 Å². The highest BCUT2D eigenvalue weighted by Gasteiger charge is 2.25. The summed E-state index contributed by atoms with van der Waals surface area (Å²) < 4.78 is 2.17. The Hall–Kier alpha value is -1.39. The van der Waals surface area contributed by atoms with E-state index in [1.807, 2.05) is 13.0 Å². The molecule has 1 saturated heterocycles. The molecule has 0 spiro atoms. The summed E-state index contributed by atoms with van der Waals surface area (Å²) in [6.45, 7) is 7.18. The van der Waals surface area contributed by atoms with Gasteiger partial charge < -0.3 is 0 Å². The van der Waals surface area contributed by atoms with Gasteiger partial charge in [-0.25, -0.2) is 0 Å². The van der Waals surface area contributed by atoms with Gasteiger partial charge in [-0.15, -0.1) is 0 Å². The lowest BCUT2D eigenvalue weighted by Gasteiger charge is -2.17. The average molecular weight is 291 g/mol. The minimum atomic E-state index is 0.476. The lowest BCUT2D eigenvalue weighted by atomic mass is 10.2. The Kier molecular flexibility index (Phi) is 3.76. The third-order valence-corrected chi connectivity index (χ3v) is 4.23. The molecule has 0 N–H and O–H groups in total. The summed E-state index contributed by atoms with van der Waals surface area (Å²) in [6, 6.07) is 4.62. The highest BCUT2D eigenvalue weighted by Crippen LogP contribution is 2.25. The van der Waals surface area contributed by atoms with E-state index in [9.17, 15) is 0 Å². The summed E-state index contributed by atoms with van der Waals surface area (Å²) >= 11 is 6.18. The van der Waals surface area contributed by atoms with Gasteiger partial charge in [0.15, 0.2) is 0 Å². The molecule has 0 bridgehead atoms. The van der Waals surface area contributed by atoms with Crippen molar-refractivity contribution in [2.45, 2.75) is 32.9 Å². The van der Waals surface area contributed by atoms with Crippen molar-refractivity contribution in [2.75, 3.05) is 13.1 Å². The number of halogens is 1. The van der Waals surface area contributed by atoms with E-state index in [4.69, 9.17) is 11.6 Å². The monoisotopic (exact) mass is 290 g/mol. The molecule has 0 aromatic carbocycles. The Balaban J connectivity index is 1.68. The zero-order valence-electron chi connectivity index (χ0n) is 11.9. The standard InChI is InChI=1S/C15H19ClN4/c1-11-7-12(2)20(18-11)14-4-6-19(10-14)9-13-3-5-17-8-15(13)16/h3,5,7-8,14H,4,6,9-10H2,1-2H3/t14-/m1/s1. The fourth-order valence-corrected chi connectivity index (χ4v) is 3.12. The molecule has 0 radical (unpaired) electrons. The van der Waals surface area contributed by atoms with Crippen LogP contribution in [0, 0.1) is 13.8 Å². The van der Waals surface area contributed by atoms with Crippen molar-refractivity contribution < 1.29 is 0 Å². The first-order valence-corrected chi connectivity index (χ1v) is 7.35. The van der Waals surface area contributed by atoms with E-state index in [0.717, 1.165) is 42.3 Å². The Morgan fingerprint density at radius 3 is 2.95 bits per heavy atom. The van der Waals surface area contributed by atoms with E-state index in [1.54, 1.807) is 12.4 Å². The topological polar surface area (TPSA) is 34.0 Å². The summed E-state index contributed by atoms with van der Waals surface area (Å²) in [6.07, 6.45) is 4.66. The number of aryl methyl sites for hydroxylation is 2. The van der Waals surface area contributed by atoms with Gasteiger partial charge in [-0.1, -0.05) is 11.6 Å². The van der Waals surface area contributed by atoms with Gasteiger partial charge >= 0.3 is 0 Å². The van der Waals surface area contributed by atoms with Gasteiger partial charge in [0.05, 0.1) is 16.8 Å². The van der Waals surface area contributed by atoms with Crippen LogP contribution in [0.15, 0.2) is 24.5 Å². The molecule has 0 unspecified atom stereocenters. The van der Waals surface area contributed by atoms with Crippen molar-refractivity contribution >= 4 is 11.6 Å². The van der Waals surface area contributed by atoms with Gasteiger partial charge in [0, 0.05) is 37.7 Å². The number of rotatable bonds is 3. The van der Waals surface area contributed by atoms with Crippen LogP contribution in [0.4, 0.5) is 0 Å². The second-order valence-corrected chi connectivity index (χ2v) is 5.92. The lowest BCUT2D eigenvalue weighted by molar-refractivity contribution is 0.310. The first-order valence-electron chi connectivity index (χ1n) is 6.97.